The lowest BCUT2D eigenvalue weighted by Gasteiger charge is -2.10. The molecule has 0 radical (unpaired) electrons. The monoisotopic (exact) mass is 304 g/mol. The van der Waals surface area contributed by atoms with E-state index in [4.69, 9.17) is 0 Å². The molecule has 0 aliphatic carbocycles. The van der Waals surface area contributed by atoms with Gasteiger partial charge in [0.1, 0.15) is 0 Å². The van der Waals surface area contributed by atoms with E-state index < -0.39 is 9.84 Å². The van der Waals surface area contributed by atoms with Gasteiger partial charge in [-0.3, -0.25) is 9.78 Å². The van der Waals surface area contributed by atoms with Crippen molar-refractivity contribution in [1.29, 1.82) is 0 Å². The molecule has 21 heavy (non-hydrogen) atoms. The molecule has 0 saturated carbocycles. The summed E-state index contributed by atoms with van der Waals surface area (Å²) in [6.07, 6.45) is 2.62. The number of nitrogens with one attached hydrogen (secondary N) is 1. The van der Waals surface area contributed by atoms with Gasteiger partial charge in [-0.25, -0.2) is 8.42 Å². The van der Waals surface area contributed by atoms with E-state index in [0.29, 0.717) is 11.3 Å². The van der Waals surface area contributed by atoms with E-state index in [-0.39, 0.29) is 10.8 Å². The molecule has 0 aliphatic rings. The Hall–Kier alpha value is -2.21. The fourth-order valence-corrected chi connectivity index (χ4v) is 2.41. The van der Waals surface area contributed by atoms with Crippen molar-refractivity contribution in [3.63, 3.8) is 0 Å². The second-order valence-electron chi connectivity index (χ2n) is 4.89. The number of hydrogen-bond acceptors (Lipinski definition) is 4. The van der Waals surface area contributed by atoms with Crippen molar-refractivity contribution in [3.05, 3.63) is 53.3 Å². The number of amides is 1. The molecule has 0 spiro atoms. The Morgan fingerprint density at radius 2 is 1.86 bits per heavy atom. The lowest BCUT2D eigenvalue weighted by molar-refractivity contribution is 0.102. The first-order valence-electron chi connectivity index (χ1n) is 6.32. The van der Waals surface area contributed by atoms with Crippen molar-refractivity contribution < 1.29 is 13.2 Å². The topological polar surface area (TPSA) is 76.1 Å². The van der Waals surface area contributed by atoms with Crippen LogP contribution in [-0.2, 0) is 9.84 Å². The first kappa shape index (κ1) is 15.2. The van der Waals surface area contributed by atoms with E-state index in [9.17, 15) is 13.2 Å². The third kappa shape index (κ3) is 3.66. The Morgan fingerprint density at radius 3 is 2.43 bits per heavy atom. The van der Waals surface area contributed by atoms with Crippen molar-refractivity contribution in [2.24, 2.45) is 0 Å². The van der Waals surface area contributed by atoms with Crippen LogP contribution in [0.25, 0.3) is 0 Å². The van der Waals surface area contributed by atoms with E-state index in [1.54, 1.807) is 25.1 Å². The molecule has 0 fully saturated rings. The summed E-state index contributed by atoms with van der Waals surface area (Å²) in [7, 11) is -3.31. The van der Waals surface area contributed by atoms with E-state index in [1.165, 1.54) is 18.3 Å². The van der Waals surface area contributed by atoms with Crippen molar-refractivity contribution in [2.75, 3.05) is 11.6 Å². The maximum absolute atomic E-state index is 12.1. The molecule has 110 valence electrons. The highest BCUT2D eigenvalue weighted by Gasteiger charge is 2.12. The Bertz CT molecular complexity index is 781. The van der Waals surface area contributed by atoms with E-state index in [1.807, 2.05) is 6.92 Å². The molecule has 5 nitrogen and oxygen atoms in total. The zero-order valence-corrected chi connectivity index (χ0v) is 12.9. The lowest BCUT2D eigenvalue weighted by atomic mass is 10.2. The van der Waals surface area contributed by atoms with Gasteiger partial charge >= 0.3 is 0 Å². The number of carbonyl (C=O) groups is 1. The number of anilines is 1. The summed E-state index contributed by atoms with van der Waals surface area (Å²) in [5, 5.41) is 2.72. The first-order valence-corrected chi connectivity index (χ1v) is 8.21. The lowest BCUT2D eigenvalue weighted by Crippen LogP contribution is -2.13. The summed E-state index contributed by atoms with van der Waals surface area (Å²) in [5.41, 5.74) is 2.51. The van der Waals surface area contributed by atoms with E-state index in [0.717, 1.165) is 17.5 Å². The van der Waals surface area contributed by atoms with Gasteiger partial charge in [-0.1, -0.05) is 6.07 Å². The molecule has 2 rings (SSSR count). The molecule has 6 heteroatoms. The molecule has 1 aromatic heterocycles. The van der Waals surface area contributed by atoms with E-state index >= 15 is 0 Å². The summed E-state index contributed by atoms with van der Waals surface area (Å²) in [6.45, 7) is 3.64. The number of carbonyl (C=O) groups excluding carboxylic acids is 1. The highest BCUT2D eigenvalue weighted by Crippen LogP contribution is 2.20. The third-order valence-corrected chi connectivity index (χ3v) is 4.17. The molecule has 0 bridgehead atoms. The van der Waals surface area contributed by atoms with Crippen LogP contribution < -0.4 is 5.32 Å². The van der Waals surface area contributed by atoms with Gasteiger partial charge in [0.25, 0.3) is 5.91 Å². The predicted molar refractivity (Wildman–Crippen MR) is 81.2 cm³/mol. The number of aromatic nitrogens is 1. The molecule has 1 heterocycles. The first-order chi connectivity index (χ1) is 9.77. The smallest absolute Gasteiger partial charge is 0.257 e. The molecular weight excluding hydrogens is 288 g/mol. The maximum Gasteiger partial charge on any atom is 0.257 e. The third-order valence-electron chi connectivity index (χ3n) is 3.06. The second kappa shape index (κ2) is 5.65. The van der Waals surface area contributed by atoms with Gasteiger partial charge in [-0.05, 0) is 43.7 Å². The van der Waals surface area contributed by atoms with Gasteiger partial charge in [-0.2, -0.15) is 0 Å². The fraction of sp³-hybridized carbons (Fsp3) is 0.200. The molecule has 1 N–H and O–H groups in total. The molecule has 1 aromatic carbocycles. The molecule has 0 aliphatic heterocycles. The minimum atomic E-state index is -3.31. The van der Waals surface area contributed by atoms with Crippen LogP contribution in [0.4, 0.5) is 5.69 Å². The van der Waals surface area contributed by atoms with E-state index in [2.05, 4.69) is 10.3 Å². The zero-order chi connectivity index (χ0) is 15.6. The summed E-state index contributed by atoms with van der Waals surface area (Å²) in [5.74, 6) is -0.323. The fourth-order valence-electron chi connectivity index (χ4n) is 1.76. The van der Waals surface area contributed by atoms with Gasteiger partial charge < -0.3 is 5.32 Å². The minimum Gasteiger partial charge on any atom is -0.322 e. The van der Waals surface area contributed by atoms with Crippen molar-refractivity contribution in [3.8, 4) is 0 Å². The Labute approximate surface area is 124 Å². The van der Waals surface area contributed by atoms with Crippen LogP contribution in [0.5, 0.6) is 0 Å². The molecule has 2 aromatic rings. The van der Waals surface area contributed by atoms with Crippen molar-refractivity contribution in [1.82, 2.24) is 4.98 Å². The Kier molecular flexibility index (Phi) is 4.09. The molecule has 0 atom stereocenters. The summed E-state index contributed by atoms with van der Waals surface area (Å²) >= 11 is 0. The second-order valence-corrected chi connectivity index (χ2v) is 6.91. The zero-order valence-electron chi connectivity index (χ0n) is 12.0. The number of benzene rings is 1. The van der Waals surface area contributed by atoms with Crippen LogP contribution in [0.2, 0.25) is 0 Å². The normalized spacial score (nSPS) is 11.2. The van der Waals surface area contributed by atoms with Crippen LogP contribution in [0.15, 0.2) is 41.4 Å². The number of hydrogen-bond donors (Lipinski definition) is 1. The van der Waals surface area contributed by atoms with Gasteiger partial charge in [0.2, 0.25) is 0 Å². The van der Waals surface area contributed by atoms with Gasteiger partial charge in [0.15, 0.2) is 9.84 Å². The molecular formula is C15H16N2O3S. The molecule has 0 unspecified atom stereocenters. The average molecular weight is 304 g/mol. The van der Waals surface area contributed by atoms with Crippen molar-refractivity contribution in [2.45, 2.75) is 18.7 Å². The predicted octanol–water partition coefficient (Wildman–Crippen LogP) is 2.35. The SMILES string of the molecule is Cc1ccc(C(=O)Nc2cc(S(C)(=O)=O)ccc2C)cn1. The number of nitrogens with zero attached hydrogens (tertiary/aromatic N) is 1. The highest BCUT2D eigenvalue weighted by molar-refractivity contribution is 7.90. The largest absolute Gasteiger partial charge is 0.322 e. The molecule has 0 saturated heterocycles. The average Bonchev–Trinajstić information content (AvgIpc) is 2.40. The Balaban J connectivity index is 2.31. The van der Waals surface area contributed by atoms with Crippen LogP contribution in [0.3, 0.4) is 0 Å². The number of sulfone groups is 1. The minimum absolute atomic E-state index is 0.172. The standard InChI is InChI=1S/C15H16N2O3S/c1-10-4-7-13(21(3,19)20)8-14(10)17-15(18)12-6-5-11(2)16-9-12/h4-9H,1-3H3,(H,17,18). The summed E-state index contributed by atoms with van der Waals surface area (Å²) < 4.78 is 23.1. The molecule has 1 amide bonds. The van der Waals surface area contributed by atoms with Gasteiger partial charge in [0.05, 0.1) is 10.5 Å². The highest BCUT2D eigenvalue weighted by atomic mass is 32.2. The van der Waals surface area contributed by atoms with Gasteiger partial charge in [-0.15, -0.1) is 0 Å². The quantitative estimate of drug-likeness (QED) is 0.944. The van der Waals surface area contributed by atoms with Gasteiger partial charge in [0, 0.05) is 23.8 Å². The Morgan fingerprint density at radius 1 is 1.14 bits per heavy atom. The number of pyridine rings is 1. The summed E-state index contributed by atoms with van der Waals surface area (Å²) in [4.78, 5) is 16.4. The summed E-state index contributed by atoms with van der Waals surface area (Å²) in [6, 6.07) is 8.07. The van der Waals surface area contributed by atoms with Crippen molar-refractivity contribution >= 4 is 21.4 Å². The van der Waals surface area contributed by atoms with Crippen LogP contribution in [-0.4, -0.2) is 25.6 Å². The van der Waals surface area contributed by atoms with Crippen LogP contribution in [0.1, 0.15) is 21.6 Å². The number of aryl methyl sites for hydroxylation is 2. The van der Waals surface area contributed by atoms with Crippen LogP contribution in [0, 0.1) is 13.8 Å². The number of rotatable bonds is 3. The maximum atomic E-state index is 12.1. The van der Waals surface area contributed by atoms with Crippen LogP contribution >= 0.6 is 0 Å².